The highest BCUT2D eigenvalue weighted by atomic mass is 16.7. The van der Waals surface area contributed by atoms with E-state index in [1.807, 2.05) is 6.08 Å². The van der Waals surface area contributed by atoms with Crippen molar-refractivity contribution in [2.24, 2.45) is 0 Å². The number of aliphatic hydroxyl groups is 5. The highest BCUT2D eigenvalue weighted by Gasteiger charge is 2.44. The molecule has 0 radical (unpaired) electrons. The summed E-state index contributed by atoms with van der Waals surface area (Å²) >= 11 is 0. The number of ether oxygens (including phenoxy) is 2. The molecule has 0 bridgehead atoms. The zero-order valence-electron chi connectivity index (χ0n) is 45.2. The predicted molar refractivity (Wildman–Crippen MR) is 299 cm³/mol. The van der Waals surface area contributed by atoms with Gasteiger partial charge in [0.05, 0.1) is 25.4 Å². The van der Waals surface area contributed by atoms with E-state index in [1.54, 1.807) is 6.08 Å². The third-order valence-electron chi connectivity index (χ3n) is 13.1. The summed E-state index contributed by atoms with van der Waals surface area (Å²) in [6.07, 6.45) is 66.4. The van der Waals surface area contributed by atoms with E-state index in [1.165, 1.54) is 135 Å². The minimum absolute atomic E-state index is 0.234. The largest absolute Gasteiger partial charge is 0.394 e. The maximum Gasteiger partial charge on any atom is 0.220 e. The molecule has 1 aliphatic heterocycles. The number of amides is 1. The molecule has 71 heavy (non-hydrogen) atoms. The molecule has 9 nitrogen and oxygen atoms in total. The first-order valence-corrected chi connectivity index (χ1v) is 29.0. The molecule has 0 aromatic heterocycles. The molecule has 0 aromatic rings. The number of hydrogen-bond donors (Lipinski definition) is 6. The minimum Gasteiger partial charge on any atom is -0.394 e. The van der Waals surface area contributed by atoms with Crippen LogP contribution >= 0.6 is 0 Å². The van der Waals surface area contributed by atoms with E-state index in [-0.39, 0.29) is 18.9 Å². The van der Waals surface area contributed by atoms with Crippen molar-refractivity contribution in [1.29, 1.82) is 0 Å². The van der Waals surface area contributed by atoms with Gasteiger partial charge in [-0.05, 0) is 83.5 Å². The molecule has 0 aliphatic carbocycles. The molecule has 6 N–H and O–H groups in total. The molecule has 9 heteroatoms. The number of carbonyl (C=O) groups is 1. The lowest BCUT2D eigenvalue weighted by molar-refractivity contribution is -0.302. The monoisotopic (exact) mass is 994 g/mol. The average molecular weight is 995 g/mol. The molecule has 1 fully saturated rings. The number of carbonyl (C=O) groups excluding carboxylic acids is 1. The molecule has 1 aliphatic rings. The van der Waals surface area contributed by atoms with E-state index in [0.29, 0.717) is 12.8 Å². The molecule has 408 valence electrons. The van der Waals surface area contributed by atoms with E-state index < -0.39 is 49.5 Å². The second-order valence-electron chi connectivity index (χ2n) is 19.7. The van der Waals surface area contributed by atoms with Crippen LogP contribution in [0.4, 0.5) is 0 Å². The van der Waals surface area contributed by atoms with E-state index in [0.717, 1.165) is 64.2 Å². The van der Waals surface area contributed by atoms with Crippen molar-refractivity contribution in [2.45, 2.75) is 275 Å². The summed E-state index contributed by atoms with van der Waals surface area (Å²) in [6, 6.07) is -0.865. The minimum atomic E-state index is -1.59. The van der Waals surface area contributed by atoms with Crippen molar-refractivity contribution in [3.63, 3.8) is 0 Å². The Bertz CT molecular complexity index is 1430. The number of rotatable bonds is 48. The van der Waals surface area contributed by atoms with Gasteiger partial charge in [-0.1, -0.05) is 239 Å². The zero-order chi connectivity index (χ0) is 51.5. The lowest BCUT2D eigenvalue weighted by Crippen LogP contribution is -2.60. The van der Waals surface area contributed by atoms with Gasteiger partial charge in [-0.25, -0.2) is 0 Å². The standard InChI is InChI=1S/C62H107NO8/c1-3-5-7-9-11-13-15-17-19-21-22-23-24-25-26-27-28-29-30-31-32-33-34-36-37-39-41-43-45-47-49-51-56(65)55(54-70-62-61(69)60(68)59(67)57(53-64)71-62)63-58(66)52-50-48-46-44-42-40-38-35-20-18-16-14-12-10-8-6-4-2/h6,8,12,14,18,20,34,36,38,40-41,43-44,46,49,51,55-57,59-62,64-65,67-69H,3-5,7,9-11,13,15-17,19,21-33,35,37,39,42,45,47-48,50,52-54H2,1-2H3,(H,63,66)/b8-6-,14-12-,20-18-,36-34+,40-38-,43-41+,46-44-,51-49+. The quantitative estimate of drug-likeness (QED) is 0.0261. The lowest BCUT2D eigenvalue weighted by atomic mass is 9.99. The van der Waals surface area contributed by atoms with Crippen LogP contribution in [0.1, 0.15) is 232 Å². The fourth-order valence-electron chi connectivity index (χ4n) is 8.58. The van der Waals surface area contributed by atoms with Crippen molar-refractivity contribution in [2.75, 3.05) is 13.2 Å². The summed E-state index contributed by atoms with van der Waals surface area (Å²) in [5.41, 5.74) is 0. The van der Waals surface area contributed by atoms with Crippen LogP contribution in [-0.4, -0.2) is 87.5 Å². The number of allylic oxidation sites excluding steroid dienone is 15. The Labute approximate surface area is 434 Å². The van der Waals surface area contributed by atoms with Gasteiger partial charge in [0.25, 0.3) is 0 Å². The molecule has 0 spiro atoms. The van der Waals surface area contributed by atoms with E-state index in [9.17, 15) is 30.3 Å². The second-order valence-corrected chi connectivity index (χ2v) is 19.7. The Morgan fingerprint density at radius 1 is 0.493 bits per heavy atom. The molecule has 0 aromatic carbocycles. The van der Waals surface area contributed by atoms with Gasteiger partial charge in [0, 0.05) is 6.42 Å². The number of unbranched alkanes of at least 4 members (excludes halogenated alkanes) is 24. The van der Waals surface area contributed by atoms with Crippen molar-refractivity contribution in [3.8, 4) is 0 Å². The van der Waals surface area contributed by atoms with Crippen LogP contribution in [0.15, 0.2) is 97.2 Å². The molecular formula is C62H107NO8. The van der Waals surface area contributed by atoms with E-state index in [4.69, 9.17) is 9.47 Å². The van der Waals surface area contributed by atoms with Crippen molar-refractivity contribution in [3.05, 3.63) is 97.2 Å². The number of hydrogen-bond acceptors (Lipinski definition) is 8. The van der Waals surface area contributed by atoms with Gasteiger partial charge in [-0.15, -0.1) is 0 Å². The fraction of sp³-hybridized carbons (Fsp3) is 0.726. The van der Waals surface area contributed by atoms with Gasteiger partial charge in [-0.3, -0.25) is 4.79 Å². The SMILES string of the molecule is CC/C=C\C/C=C\C/C=C\C/C=C\C/C=C\CCCC(=O)NC(COC1OC(CO)C(O)C(O)C1O)C(O)/C=C/CC/C=C/CC/C=C/CCCCCCCCCCCCCCCCCCCCCCC. The van der Waals surface area contributed by atoms with Crippen LogP contribution in [0.3, 0.4) is 0 Å². The Kier molecular flexibility index (Phi) is 47.2. The third-order valence-corrected chi connectivity index (χ3v) is 13.1. The first kappa shape index (κ1) is 66.1. The highest BCUT2D eigenvalue weighted by Crippen LogP contribution is 2.23. The summed E-state index contributed by atoms with van der Waals surface area (Å²) in [6.45, 7) is 3.61. The third kappa shape index (κ3) is 40.2. The van der Waals surface area contributed by atoms with Gasteiger partial charge in [0.15, 0.2) is 6.29 Å². The Morgan fingerprint density at radius 3 is 1.35 bits per heavy atom. The molecule has 1 heterocycles. The number of nitrogens with one attached hydrogen (secondary N) is 1. The van der Waals surface area contributed by atoms with Crippen LogP contribution in [-0.2, 0) is 14.3 Å². The normalized spacial score (nSPS) is 20.0. The zero-order valence-corrected chi connectivity index (χ0v) is 45.2. The maximum absolute atomic E-state index is 13.0. The van der Waals surface area contributed by atoms with Gasteiger partial charge >= 0.3 is 0 Å². The predicted octanol–water partition coefficient (Wildman–Crippen LogP) is 14.4. The molecule has 0 saturated carbocycles. The molecule has 1 saturated heterocycles. The lowest BCUT2D eigenvalue weighted by Gasteiger charge is -2.40. The van der Waals surface area contributed by atoms with Crippen LogP contribution in [0, 0.1) is 0 Å². The Morgan fingerprint density at radius 2 is 0.887 bits per heavy atom. The van der Waals surface area contributed by atoms with Crippen molar-refractivity contribution in [1.82, 2.24) is 5.32 Å². The van der Waals surface area contributed by atoms with Gasteiger partial charge < -0.3 is 40.3 Å². The van der Waals surface area contributed by atoms with Gasteiger partial charge in [0.2, 0.25) is 5.91 Å². The van der Waals surface area contributed by atoms with E-state index in [2.05, 4.69) is 104 Å². The van der Waals surface area contributed by atoms with Crippen molar-refractivity contribution < 1.29 is 39.8 Å². The molecular weight excluding hydrogens is 887 g/mol. The van der Waals surface area contributed by atoms with Crippen LogP contribution in [0.25, 0.3) is 0 Å². The maximum atomic E-state index is 13.0. The van der Waals surface area contributed by atoms with Crippen LogP contribution < -0.4 is 5.32 Å². The Hall–Kier alpha value is -2.89. The van der Waals surface area contributed by atoms with Gasteiger partial charge in [0.1, 0.15) is 24.4 Å². The first-order valence-electron chi connectivity index (χ1n) is 29.0. The number of aliphatic hydroxyl groups excluding tert-OH is 5. The average Bonchev–Trinajstić information content (AvgIpc) is 3.37. The second kappa shape index (κ2) is 50.6. The van der Waals surface area contributed by atoms with Gasteiger partial charge in [-0.2, -0.15) is 0 Å². The Balaban J connectivity index is 2.26. The highest BCUT2D eigenvalue weighted by molar-refractivity contribution is 5.76. The molecule has 1 rings (SSSR count). The summed E-state index contributed by atoms with van der Waals surface area (Å²) < 4.78 is 11.2. The van der Waals surface area contributed by atoms with Crippen LogP contribution in [0.5, 0.6) is 0 Å². The van der Waals surface area contributed by atoms with Crippen molar-refractivity contribution >= 4 is 5.91 Å². The summed E-state index contributed by atoms with van der Waals surface area (Å²) in [7, 11) is 0. The molecule has 7 atom stereocenters. The summed E-state index contributed by atoms with van der Waals surface area (Å²) in [4.78, 5) is 13.0. The first-order chi connectivity index (χ1) is 34.8. The smallest absolute Gasteiger partial charge is 0.220 e. The topological polar surface area (TPSA) is 149 Å². The van der Waals surface area contributed by atoms with Crippen LogP contribution in [0.2, 0.25) is 0 Å². The molecule has 1 amide bonds. The fourth-order valence-corrected chi connectivity index (χ4v) is 8.58. The molecule has 7 unspecified atom stereocenters. The van der Waals surface area contributed by atoms with E-state index >= 15 is 0 Å². The summed E-state index contributed by atoms with van der Waals surface area (Å²) in [5.74, 6) is -0.250. The summed E-state index contributed by atoms with van der Waals surface area (Å²) in [5, 5.41) is 54.4.